The summed E-state index contributed by atoms with van der Waals surface area (Å²) in [5, 5.41) is 3.81. The number of halogens is 1. The van der Waals surface area contributed by atoms with Gasteiger partial charge in [0.1, 0.15) is 0 Å². The molecule has 1 unspecified atom stereocenters. The van der Waals surface area contributed by atoms with Gasteiger partial charge in [0.05, 0.1) is 13.2 Å². The van der Waals surface area contributed by atoms with Crippen molar-refractivity contribution in [1.29, 1.82) is 0 Å². The molecule has 1 N–H and O–H groups in total. The smallest absolute Gasteiger partial charge is 0.351 e. The van der Waals surface area contributed by atoms with Gasteiger partial charge in [-0.25, -0.2) is 9.78 Å². The summed E-state index contributed by atoms with van der Waals surface area (Å²) in [4.78, 5) is 15.6. The molecule has 0 radical (unpaired) electrons. The van der Waals surface area contributed by atoms with E-state index in [-0.39, 0.29) is 11.3 Å². The molecular formula is C10H15ClN2O3S. The zero-order chi connectivity index (χ0) is 12.8. The number of hydrogen-bond donors (Lipinski definition) is 1. The van der Waals surface area contributed by atoms with Crippen LogP contribution in [0.3, 0.4) is 0 Å². The van der Waals surface area contributed by atoms with Gasteiger partial charge in [0.2, 0.25) is 0 Å². The van der Waals surface area contributed by atoms with Crippen LogP contribution in [0, 0.1) is 0 Å². The second-order valence-corrected chi connectivity index (χ2v) is 4.63. The zero-order valence-electron chi connectivity index (χ0n) is 9.95. The first-order valence-corrected chi connectivity index (χ1v) is 6.38. The van der Waals surface area contributed by atoms with Crippen LogP contribution in [-0.4, -0.2) is 37.3 Å². The molecule has 0 aromatic carbocycles. The molecule has 1 heterocycles. The van der Waals surface area contributed by atoms with Crippen LogP contribution in [0.1, 0.15) is 23.5 Å². The molecule has 1 aromatic heterocycles. The standard InChI is InChI=1S/C10H15ClN2O3S/c1-4-16-6(2)5-12-10-13-8(11)7(17-10)9(14)15-3/h6H,4-5H2,1-3H3,(H,12,13). The summed E-state index contributed by atoms with van der Waals surface area (Å²) in [6.07, 6.45) is 0.0734. The first kappa shape index (κ1) is 14.2. The van der Waals surface area contributed by atoms with Crippen LogP contribution in [0.5, 0.6) is 0 Å². The van der Waals surface area contributed by atoms with E-state index in [9.17, 15) is 4.79 Å². The highest BCUT2D eigenvalue weighted by atomic mass is 35.5. The number of nitrogens with one attached hydrogen (secondary N) is 1. The quantitative estimate of drug-likeness (QED) is 0.810. The Kier molecular flexibility index (Phi) is 5.67. The zero-order valence-corrected chi connectivity index (χ0v) is 11.5. The van der Waals surface area contributed by atoms with Gasteiger partial charge in [-0.2, -0.15) is 0 Å². The highest BCUT2D eigenvalue weighted by Gasteiger charge is 2.17. The van der Waals surface area contributed by atoms with E-state index in [1.165, 1.54) is 18.4 Å². The van der Waals surface area contributed by atoms with Gasteiger partial charge in [-0.1, -0.05) is 22.9 Å². The molecule has 0 amide bonds. The molecule has 5 nitrogen and oxygen atoms in total. The number of carbonyl (C=O) groups is 1. The lowest BCUT2D eigenvalue weighted by atomic mass is 10.4. The summed E-state index contributed by atoms with van der Waals surface area (Å²) in [7, 11) is 1.31. The van der Waals surface area contributed by atoms with Crippen molar-refractivity contribution in [3.63, 3.8) is 0 Å². The van der Waals surface area contributed by atoms with Gasteiger partial charge in [-0.3, -0.25) is 0 Å². The lowest BCUT2D eigenvalue weighted by Crippen LogP contribution is -2.19. The predicted octanol–water partition coefficient (Wildman–Crippen LogP) is 2.42. The van der Waals surface area contributed by atoms with Gasteiger partial charge >= 0.3 is 5.97 Å². The van der Waals surface area contributed by atoms with Gasteiger partial charge in [0.15, 0.2) is 15.2 Å². The van der Waals surface area contributed by atoms with Crippen molar-refractivity contribution in [1.82, 2.24) is 4.98 Å². The van der Waals surface area contributed by atoms with Gasteiger partial charge in [-0.15, -0.1) is 0 Å². The maximum atomic E-state index is 11.3. The number of rotatable bonds is 6. The van der Waals surface area contributed by atoms with E-state index in [2.05, 4.69) is 15.0 Å². The lowest BCUT2D eigenvalue weighted by Gasteiger charge is -2.11. The SMILES string of the molecule is CCOC(C)CNc1nc(Cl)c(C(=O)OC)s1. The van der Waals surface area contributed by atoms with E-state index in [0.29, 0.717) is 23.2 Å². The average molecular weight is 279 g/mol. The minimum atomic E-state index is -0.474. The number of ether oxygens (including phenoxy) is 2. The Morgan fingerprint density at radius 1 is 1.65 bits per heavy atom. The van der Waals surface area contributed by atoms with Crippen LogP contribution < -0.4 is 5.32 Å². The van der Waals surface area contributed by atoms with Crippen molar-refractivity contribution in [2.24, 2.45) is 0 Å². The molecule has 0 aliphatic rings. The van der Waals surface area contributed by atoms with Crippen LogP contribution in [0.25, 0.3) is 0 Å². The van der Waals surface area contributed by atoms with E-state index in [4.69, 9.17) is 16.3 Å². The van der Waals surface area contributed by atoms with Crippen molar-refractivity contribution in [3.05, 3.63) is 10.0 Å². The summed E-state index contributed by atoms with van der Waals surface area (Å²) >= 11 is 6.99. The molecule has 0 spiro atoms. The summed E-state index contributed by atoms with van der Waals surface area (Å²) in [6, 6.07) is 0. The molecule has 1 atom stereocenters. The second kappa shape index (κ2) is 6.78. The number of nitrogens with zero attached hydrogens (tertiary/aromatic N) is 1. The predicted molar refractivity (Wildman–Crippen MR) is 68.0 cm³/mol. The monoisotopic (exact) mass is 278 g/mol. The first-order valence-electron chi connectivity index (χ1n) is 5.18. The number of hydrogen-bond acceptors (Lipinski definition) is 6. The largest absolute Gasteiger partial charge is 0.465 e. The third-order valence-electron chi connectivity index (χ3n) is 1.95. The molecule has 0 saturated carbocycles. The fraction of sp³-hybridized carbons (Fsp3) is 0.600. The molecule has 0 bridgehead atoms. The van der Waals surface area contributed by atoms with Gasteiger partial charge in [0.25, 0.3) is 0 Å². The van der Waals surface area contributed by atoms with Crippen LogP contribution >= 0.6 is 22.9 Å². The van der Waals surface area contributed by atoms with E-state index < -0.39 is 5.97 Å². The number of aromatic nitrogens is 1. The summed E-state index contributed by atoms with van der Waals surface area (Å²) in [5.41, 5.74) is 0. The Labute approximate surface area is 109 Å². The maximum absolute atomic E-state index is 11.3. The highest BCUT2D eigenvalue weighted by Crippen LogP contribution is 2.27. The second-order valence-electron chi connectivity index (χ2n) is 3.28. The molecular weight excluding hydrogens is 264 g/mol. The third kappa shape index (κ3) is 4.14. The van der Waals surface area contributed by atoms with Crippen molar-refractivity contribution >= 4 is 34.0 Å². The van der Waals surface area contributed by atoms with Crippen LogP contribution in [0.4, 0.5) is 5.13 Å². The molecule has 0 aliphatic heterocycles. The minimum absolute atomic E-state index is 0.0734. The van der Waals surface area contributed by atoms with Gasteiger partial charge in [-0.05, 0) is 13.8 Å². The summed E-state index contributed by atoms with van der Waals surface area (Å²) < 4.78 is 9.95. The number of methoxy groups -OCH3 is 1. The molecule has 17 heavy (non-hydrogen) atoms. The summed E-state index contributed by atoms with van der Waals surface area (Å²) in [6.45, 7) is 5.16. The Morgan fingerprint density at radius 3 is 2.94 bits per heavy atom. The number of anilines is 1. The van der Waals surface area contributed by atoms with E-state index in [1.54, 1.807) is 0 Å². The molecule has 96 valence electrons. The fourth-order valence-corrected chi connectivity index (χ4v) is 2.28. The highest BCUT2D eigenvalue weighted by molar-refractivity contribution is 7.18. The van der Waals surface area contributed by atoms with Crippen LogP contribution in [0.2, 0.25) is 5.15 Å². The van der Waals surface area contributed by atoms with E-state index >= 15 is 0 Å². The molecule has 7 heteroatoms. The fourth-order valence-electron chi connectivity index (χ4n) is 1.17. The molecule has 1 rings (SSSR count). The van der Waals surface area contributed by atoms with Crippen molar-refractivity contribution in [2.75, 3.05) is 25.6 Å². The van der Waals surface area contributed by atoms with Gasteiger partial charge in [0, 0.05) is 13.2 Å². The molecule has 0 aliphatic carbocycles. The Hall–Kier alpha value is -0.850. The van der Waals surface area contributed by atoms with Crippen molar-refractivity contribution in [3.8, 4) is 0 Å². The summed E-state index contributed by atoms with van der Waals surface area (Å²) in [5.74, 6) is -0.474. The number of esters is 1. The first-order chi connectivity index (χ1) is 8.08. The normalized spacial score (nSPS) is 12.2. The number of thiazole rings is 1. The van der Waals surface area contributed by atoms with Crippen LogP contribution in [-0.2, 0) is 9.47 Å². The van der Waals surface area contributed by atoms with Gasteiger partial charge < -0.3 is 14.8 Å². The molecule has 0 fully saturated rings. The number of carbonyl (C=O) groups excluding carboxylic acids is 1. The minimum Gasteiger partial charge on any atom is -0.465 e. The molecule has 0 saturated heterocycles. The lowest BCUT2D eigenvalue weighted by molar-refractivity contribution is 0.0606. The van der Waals surface area contributed by atoms with Crippen LogP contribution in [0.15, 0.2) is 0 Å². The maximum Gasteiger partial charge on any atom is 0.351 e. The Bertz CT molecular complexity index is 384. The Balaban J connectivity index is 2.58. The third-order valence-corrected chi connectivity index (χ3v) is 3.33. The van der Waals surface area contributed by atoms with Crippen molar-refractivity contribution < 1.29 is 14.3 Å². The van der Waals surface area contributed by atoms with Crippen molar-refractivity contribution in [2.45, 2.75) is 20.0 Å². The average Bonchev–Trinajstić information content (AvgIpc) is 2.67. The van der Waals surface area contributed by atoms with E-state index in [1.807, 2.05) is 13.8 Å². The topological polar surface area (TPSA) is 60.5 Å². The Morgan fingerprint density at radius 2 is 2.35 bits per heavy atom. The van der Waals surface area contributed by atoms with E-state index in [0.717, 1.165) is 0 Å². The molecule has 1 aromatic rings.